The first-order valence-corrected chi connectivity index (χ1v) is 8.28. The minimum atomic E-state index is -3.71. The first kappa shape index (κ1) is 14.3. The second-order valence-corrected chi connectivity index (χ2v) is 7.15. The van der Waals surface area contributed by atoms with E-state index in [1.54, 1.807) is 36.4 Å². The van der Waals surface area contributed by atoms with Crippen molar-refractivity contribution in [2.24, 2.45) is 0 Å². The zero-order chi connectivity index (χ0) is 15.0. The maximum Gasteiger partial charge on any atom is 0.209 e. The molecule has 0 saturated heterocycles. The van der Waals surface area contributed by atoms with Crippen LogP contribution in [0.5, 0.6) is 0 Å². The number of aromatic nitrogens is 1. The topological polar surface area (TPSA) is 47.0 Å². The molecule has 0 radical (unpaired) electrons. The molecule has 0 N–H and O–H groups in total. The molecule has 0 aliphatic heterocycles. The molecule has 0 spiro atoms. The Morgan fingerprint density at radius 3 is 2.38 bits per heavy atom. The van der Waals surface area contributed by atoms with Crippen LogP contribution in [0.4, 0.5) is 0 Å². The summed E-state index contributed by atoms with van der Waals surface area (Å²) in [5.41, 5.74) is 0.594. The summed E-state index contributed by atoms with van der Waals surface area (Å²) in [7, 11) is -3.71. The second kappa shape index (κ2) is 5.30. The van der Waals surface area contributed by atoms with Crippen molar-refractivity contribution in [3.05, 3.63) is 64.8 Å². The monoisotopic (exact) mass is 337 g/mol. The van der Waals surface area contributed by atoms with Gasteiger partial charge in [0.1, 0.15) is 4.90 Å². The van der Waals surface area contributed by atoms with Crippen molar-refractivity contribution in [2.75, 3.05) is 0 Å². The standard InChI is InChI=1S/C15H9Cl2NO2S/c16-10-6-7-13-12(8-10)15(17)14(9-18-13)21(19,20)11-4-2-1-3-5-11/h1-9H. The summed E-state index contributed by atoms with van der Waals surface area (Å²) in [6.45, 7) is 0. The van der Waals surface area contributed by atoms with E-state index in [-0.39, 0.29) is 14.8 Å². The molecule has 0 atom stereocenters. The van der Waals surface area contributed by atoms with E-state index in [1.165, 1.54) is 18.3 Å². The Morgan fingerprint density at radius 2 is 1.67 bits per heavy atom. The highest BCUT2D eigenvalue weighted by Gasteiger charge is 2.22. The lowest BCUT2D eigenvalue weighted by molar-refractivity contribution is 0.596. The number of halogens is 2. The highest BCUT2D eigenvalue weighted by Crippen LogP contribution is 2.33. The molecule has 3 aromatic rings. The normalized spacial score (nSPS) is 11.7. The van der Waals surface area contributed by atoms with Gasteiger partial charge in [-0.3, -0.25) is 4.98 Å². The SMILES string of the molecule is O=S(=O)(c1ccccc1)c1cnc2ccc(Cl)cc2c1Cl. The summed E-state index contributed by atoms with van der Waals surface area (Å²) in [6, 6.07) is 13.1. The highest BCUT2D eigenvalue weighted by molar-refractivity contribution is 7.91. The summed E-state index contributed by atoms with van der Waals surface area (Å²) >= 11 is 12.2. The molecule has 3 nitrogen and oxygen atoms in total. The third-order valence-corrected chi connectivity index (χ3v) is 5.61. The van der Waals surface area contributed by atoms with Crippen molar-refractivity contribution in [2.45, 2.75) is 9.79 Å². The van der Waals surface area contributed by atoms with Gasteiger partial charge in [-0.15, -0.1) is 0 Å². The fourth-order valence-corrected chi connectivity index (χ4v) is 4.01. The van der Waals surface area contributed by atoms with E-state index in [0.29, 0.717) is 15.9 Å². The number of sulfone groups is 1. The van der Waals surface area contributed by atoms with Crippen LogP contribution in [0.2, 0.25) is 10.0 Å². The van der Waals surface area contributed by atoms with E-state index in [1.807, 2.05) is 0 Å². The second-order valence-electron chi connectivity index (χ2n) is 4.41. The van der Waals surface area contributed by atoms with Crippen LogP contribution in [-0.2, 0) is 9.84 Å². The van der Waals surface area contributed by atoms with Gasteiger partial charge in [-0.1, -0.05) is 41.4 Å². The Bertz CT molecular complexity index is 925. The van der Waals surface area contributed by atoms with Crippen LogP contribution >= 0.6 is 23.2 Å². The largest absolute Gasteiger partial charge is 0.255 e. The molecule has 0 unspecified atom stereocenters. The first-order chi connectivity index (χ1) is 10.00. The van der Waals surface area contributed by atoms with E-state index in [9.17, 15) is 8.42 Å². The van der Waals surface area contributed by atoms with Crippen molar-refractivity contribution in [3.63, 3.8) is 0 Å². The number of benzene rings is 2. The molecule has 106 valence electrons. The lowest BCUT2D eigenvalue weighted by atomic mass is 10.2. The van der Waals surface area contributed by atoms with Crippen LogP contribution in [0.1, 0.15) is 0 Å². The fourth-order valence-electron chi connectivity index (χ4n) is 2.03. The Balaban J connectivity index is 2.29. The lowest BCUT2D eigenvalue weighted by Gasteiger charge is -2.08. The fraction of sp³-hybridized carbons (Fsp3) is 0. The molecule has 1 heterocycles. The van der Waals surface area contributed by atoms with Gasteiger partial charge in [-0.25, -0.2) is 8.42 Å². The van der Waals surface area contributed by atoms with E-state index in [0.717, 1.165) is 0 Å². The van der Waals surface area contributed by atoms with E-state index < -0.39 is 9.84 Å². The van der Waals surface area contributed by atoms with Gasteiger partial charge in [0, 0.05) is 16.6 Å². The van der Waals surface area contributed by atoms with Crippen molar-refractivity contribution < 1.29 is 8.42 Å². The van der Waals surface area contributed by atoms with E-state index in [4.69, 9.17) is 23.2 Å². The molecule has 1 aromatic heterocycles. The molecule has 0 fully saturated rings. The third kappa shape index (κ3) is 2.50. The maximum atomic E-state index is 12.6. The Hall–Kier alpha value is -1.62. The summed E-state index contributed by atoms with van der Waals surface area (Å²) in [5.74, 6) is 0. The highest BCUT2D eigenvalue weighted by atomic mass is 35.5. The van der Waals surface area contributed by atoms with Crippen molar-refractivity contribution in [1.29, 1.82) is 0 Å². The van der Waals surface area contributed by atoms with E-state index in [2.05, 4.69) is 4.98 Å². The minimum Gasteiger partial charge on any atom is -0.255 e. The quantitative estimate of drug-likeness (QED) is 0.697. The number of hydrogen-bond donors (Lipinski definition) is 0. The number of fused-ring (bicyclic) bond motifs is 1. The average molecular weight is 338 g/mol. The molecule has 0 saturated carbocycles. The molecule has 0 amide bonds. The third-order valence-electron chi connectivity index (χ3n) is 3.08. The molecule has 6 heteroatoms. The van der Waals surface area contributed by atoms with Crippen molar-refractivity contribution in [1.82, 2.24) is 4.98 Å². The summed E-state index contributed by atoms with van der Waals surface area (Å²) in [5, 5.41) is 1.12. The minimum absolute atomic E-state index is 0.0230. The predicted molar refractivity (Wildman–Crippen MR) is 83.7 cm³/mol. The Labute approximate surface area is 132 Å². The molecule has 3 rings (SSSR count). The van der Waals surface area contributed by atoms with Gasteiger partial charge in [0.05, 0.1) is 15.4 Å². The molecular formula is C15H9Cl2NO2S. The summed E-state index contributed by atoms with van der Waals surface area (Å²) < 4.78 is 25.3. The van der Waals surface area contributed by atoms with Crippen molar-refractivity contribution >= 4 is 43.9 Å². The first-order valence-electron chi connectivity index (χ1n) is 6.04. The van der Waals surface area contributed by atoms with Crippen LogP contribution in [0.3, 0.4) is 0 Å². The number of rotatable bonds is 2. The van der Waals surface area contributed by atoms with Gasteiger partial charge in [0.2, 0.25) is 9.84 Å². The van der Waals surface area contributed by atoms with Gasteiger partial charge in [0.25, 0.3) is 0 Å². The van der Waals surface area contributed by atoms with Gasteiger partial charge < -0.3 is 0 Å². The molecule has 21 heavy (non-hydrogen) atoms. The lowest BCUT2D eigenvalue weighted by Crippen LogP contribution is -2.03. The zero-order valence-corrected chi connectivity index (χ0v) is 13.0. The van der Waals surface area contributed by atoms with Crippen LogP contribution in [0.15, 0.2) is 64.5 Å². The molecule has 2 aromatic carbocycles. The molecule has 0 aliphatic carbocycles. The Morgan fingerprint density at radius 1 is 0.952 bits per heavy atom. The maximum absolute atomic E-state index is 12.6. The van der Waals surface area contributed by atoms with Crippen LogP contribution in [0.25, 0.3) is 10.9 Å². The van der Waals surface area contributed by atoms with Gasteiger partial charge in [0.15, 0.2) is 0 Å². The van der Waals surface area contributed by atoms with Crippen LogP contribution in [0, 0.1) is 0 Å². The number of nitrogens with zero attached hydrogens (tertiary/aromatic N) is 1. The van der Waals surface area contributed by atoms with Crippen LogP contribution in [-0.4, -0.2) is 13.4 Å². The van der Waals surface area contributed by atoms with Gasteiger partial charge in [-0.2, -0.15) is 0 Å². The number of pyridine rings is 1. The number of hydrogen-bond acceptors (Lipinski definition) is 3. The van der Waals surface area contributed by atoms with Gasteiger partial charge in [-0.05, 0) is 30.3 Å². The summed E-state index contributed by atoms with van der Waals surface area (Å²) in [6.07, 6.45) is 1.28. The van der Waals surface area contributed by atoms with Crippen LogP contribution < -0.4 is 0 Å². The average Bonchev–Trinajstić information content (AvgIpc) is 2.49. The van der Waals surface area contributed by atoms with Crippen molar-refractivity contribution in [3.8, 4) is 0 Å². The molecule has 0 bridgehead atoms. The predicted octanol–water partition coefficient (Wildman–Crippen LogP) is 4.37. The van der Waals surface area contributed by atoms with Gasteiger partial charge >= 0.3 is 0 Å². The smallest absolute Gasteiger partial charge is 0.209 e. The zero-order valence-electron chi connectivity index (χ0n) is 10.6. The summed E-state index contributed by atoms with van der Waals surface area (Å²) in [4.78, 5) is 4.31. The van der Waals surface area contributed by atoms with E-state index >= 15 is 0 Å². The Kier molecular flexibility index (Phi) is 3.61. The molecule has 0 aliphatic rings. The molecular weight excluding hydrogens is 329 g/mol.